The Kier molecular flexibility index (Phi) is 4.93. The van der Waals surface area contributed by atoms with E-state index in [0.29, 0.717) is 17.7 Å². The van der Waals surface area contributed by atoms with Crippen LogP contribution in [-0.4, -0.2) is 23.1 Å². The first kappa shape index (κ1) is 13.5. The van der Waals surface area contributed by atoms with E-state index >= 15 is 0 Å². The number of hydrogen-bond acceptors (Lipinski definition) is 3. The molecule has 2 rings (SSSR count). The Bertz CT molecular complexity index is 512. The van der Waals surface area contributed by atoms with Gasteiger partial charge in [0.1, 0.15) is 18.0 Å². The molecule has 2 heterocycles. The van der Waals surface area contributed by atoms with Gasteiger partial charge in [0.2, 0.25) is 0 Å². The molecule has 92 valence electrons. The molecule has 17 heavy (non-hydrogen) atoms. The fourth-order valence-corrected chi connectivity index (χ4v) is 1.31. The van der Waals surface area contributed by atoms with E-state index < -0.39 is 0 Å². The van der Waals surface area contributed by atoms with E-state index in [1.54, 1.807) is 12.4 Å². The molecular formula is C11H13ClFN3O. The quantitative estimate of drug-likeness (QED) is 0.882. The molecule has 0 amide bonds. The third-order valence-electron chi connectivity index (χ3n) is 2.22. The van der Waals surface area contributed by atoms with Crippen LogP contribution in [0.5, 0.6) is 5.75 Å². The number of halogens is 2. The lowest BCUT2D eigenvalue weighted by Gasteiger charge is -2.06. The minimum absolute atomic E-state index is 0. The number of fused-ring (bicyclic) bond motifs is 1. The molecule has 0 radical (unpaired) electrons. The van der Waals surface area contributed by atoms with Crippen LogP contribution in [0.25, 0.3) is 11.0 Å². The Morgan fingerprint density at radius 3 is 3.12 bits per heavy atom. The first-order valence-corrected chi connectivity index (χ1v) is 4.87. The van der Waals surface area contributed by atoms with Gasteiger partial charge in [-0.1, -0.05) is 0 Å². The molecule has 0 aromatic carbocycles. The Hall–Kier alpha value is -1.59. The summed E-state index contributed by atoms with van der Waals surface area (Å²) in [7, 11) is 0. The molecule has 0 atom stereocenters. The Labute approximate surface area is 104 Å². The van der Waals surface area contributed by atoms with Crippen LogP contribution in [0.1, 0.15) is 0 Å². The molecule has 0 aliphatic carbocycles. The number of nitrogens with two attached hydrogens (primary N) is 1. The van der Waals surface area contributed by atoms with Gasteiger partial charge >= 0.3 is 0 Å². The molecule has 6 heteroatoms. The minimum atomic E-state index is 0. The molecule has 0 bridgehead atoms. The van der Waals surface area contributed by atoms with Gasteiger partial charge in [-0.2, -0.15) is 0 Å². The predicted molar refractivity (Wildman–Crippen MR) is 67.1 cm³/mol. The summed E-state index contributed by atoms with van der Waals surface area (Å²) in [6.07, 6.45) is 3.86. The second-order valence-corrected chi connectivity index (χ2v) is 3.35. The maximum absolute atomic E-state index is 12.2. The van der Waals surface area contributed by atoms with E-state index in [4.69, 9.17) is 10.5 Å². The van der Waals surface area contributed by atoms with Crippen LogP contribution in [0, 0.1) is 0 Å². The molecular weight excluding hydrogens is 245 g/mol. The highest BCUT2D eigenvalue weighted by Gasteiger charge is 2.01. The highest BCUT2D eigenvalue weighted by Crippen LogP contribution is 2.17. The van der Waals surface area contributed by atoms with E-state index in [2.05, 4.69) is 9.97 Å². The molecule has 0 saturated carbocycles. The molecule has 4 nitrogen and oxygen atoms in total. The van der Waals surface area contributed by atoms with Gasteiger partial charge in [0.25, 0.3) is 0 Å². The number of H-pyrrole nitrogens is 1. The third kappa shape index (κ3) is 3.18. The van der Waals surface area contributed by atoms with Crippen molar-refractivity contribution in [2.45, 2.75) is 0 Å². The SMILES string of the molecule is Cl.NC/C(=C\F)COc1cnc2[nH]ccc2c1. The molecule has 0 saturated heterocycles. The lowest BCUT2D eigenvalue weighted by atomic mass is 10.3. The number of ether oxygens (including phenoxy) is 1. The molecule has 2 aromatic heterocycles. The number of aromatic nitrogens is 2. The van der Waals surface area contributed by atoms with Crippen molar-refractivity contribution >= 4 is 23.4 Å². The van der Waals surface area contributed by atoms with Crippen LogP contribution >= 0.6 is 12.4 Å². The molecule has 0 fully saturated rings. The molecule has 0 aliphatic rings. The van der Waals surface area contributed by atoms with E-state index in [0.717, 1.165) is 11.0 Å². The maximum atomic E-state index is 12.2. The van der Waals surface area contributed by atoms with Crippen molar-refractivity contribution in [1.82, 2.24) is 9.97 Å². The first-order chi connectivity index (χ1) is 7.83. The predicted octanol–water partition coefficient (Wildman–Crippen LogP) is 2.18. The number of nitrogens with one attached hydrogen (secondary N) is 1. The van der Waals surface area contributed by atoms with Crippen molar-refractivity contribution in [3.8, 4) is 5.75 Å². The fourth-order valence-electron chi connectivity index (χ4n) is 1.31. The summed E-state index contributed by atoms with van der Waals surface area (Å²) < 4.78 is 17.6. The van der Waals surface area contributed by atoms with Gasteiger partial charge in [-0.25, -0.2) is 9.37 Å². The monoisotopic (exact) mass is 257 g/mol. The standard InChI is InChI=1S/C11H12FN3O.ClH/c12-4-8(5-13)7-16-10-3-9-1-2-14-11(9)15-6-10;/h1-4,6H,5,7,13H2,(H,14,15);1H/b8-4+;. The van der Waals surface area contributed by atoms with Gasteiger partial charge in [-0.05, 0) is 12.1 Å². The highest BCUT2D eigenvalue weighted by atomic mass is 35.5. The molecule has 0 aliphatic heterocycles. The van der Waals surface area contributed by atoms with Crippen LogP contribution in [0.2, 0.25) is 0 Å². The highest BCUT2D eigenvalue weighted by molar-refractivity contribution is 5.85. The summed E-state index contributed by atoms with van der Waals surface area (Å²) in [5, 5.41) is 0.955. The summed E-state index contributed by atoms with van der Waals surface area (Å²) in [6.45, 7) is 0.293. The molecule has 2 aromatic rings. The number of nitrogens with zero attached hydrogens (tertiary/aromatic N) is 1. The third-order valence-corrected chi connectivity index (χ3v) is 2.22. The second kappa shape index (κ2) is 6.22. The summed E-state index contributed by atoms with van der Waals surface area (Å²) in [5.41, 5.74) is 6.52. The lowest BCUT2D eigenvalue weighted by molar-refractivity contribution is 0.347. The van der Waals surface area contributed by atoms with Crippen molar-refractivity contribution in [1.29, 1.82) is 0 Å². The number of aromatic amines is 1. The van der Waals surface area contributed by atoms with E-state index in [9.17, 15) is 4.39 Å². The van der Waals surface area contributed by atoms with Crippen LogP contribution in [0.3, 0.4) is 0 Å². The largest absolute Gasteiger partial charge is 0.487 e. The van der Waals surface area contributed by atoms with Crippen LogP contribution in [-0.2, 0) is 0 Å². The molecule has 0 unspecified atom stereocenters. The summed E-state index contributed by atoms with van der Waals surface area (Å²) in [5.74, 6) is 0.597. The average molecular weight is 258 g/mol. The smallest absolute Gasteiger partial charge is 0.138 e. The second-order valence-electron chi connectivity index (χ2n) is 3.35. The fraction of sp³-hybridized carbons (Fsp3) is 0.182. The Morgan fingerprint density at radius 2 is 2.41 bits per heavy atom. The maximum Gasteiger partial charge on any atom is 0.138 e. The summed E-state index contributed by atoms with van der Waals surface area (Å²) in [6, 6.07) is 3.73. The average Bonchev–Trinajstić information content (AvgIpc) is 2.77. The Balaban J connectivity index is 0.00000144. The zero-order valence-corrected chi connectivity index (χ0v) is 9.84. The zero-order chi connectivity index (χ0) is 11.4. The summed E-state index contributed by atoms with van der Waals surface area (Å²) >= 11 is 0. The van der Waals surface area contributed by atoms with Gasteiger partial charge in [-0.15, -0.1) is 12.4 Å². The zero-order valence-electron chi connectivity index (χ0n) is 9.02. The van der Waals surface area contributed by atoms with Crippen molar-refractivity contribution in [3.63, 3.8) is 0 Å². The topological polar surface area (TPSA) is 63.9 Å². The van der Waals surface area contributed by atoms with Crippen LogP contribution < -0.4 is 10.5 Å². The van der Waals surface area contributed by atoms with Crippen molar-refractivity contribution in [3.05, 3.63) is 36.4 Å². The van der Waals surface area contributed by atoms with Gasteiger partial charge in [0.05, 0.1) is 12.5 Å². The van der Waals surface area contributed by atoms with Crippen LogP contribution in [0.15, 0.2) is 36.4 Å². The first-order valence-electron chi connectivity index (χ1n) is 4.87. The van der Waals surface area contributed by atoms with Crippen molar-refractivity contribution in [2.24, 2.45) is 5.73 Å². The minimum Gasteiger partial charge on any atom is -0.487 e. The van der Waals surface area contributed by atoms with Gasteiger partial charge in [-0.3, -0.25) is 0 Å². The van der Waals surface area contributed by atoms with Crippen molar-refractivity contribution < 1.29 is 9.13 Å². The van der Waals surface area contributed by atoms with E-state index in [1.807, 2.05) is 12.1 Å². The molecule has 0 spiro atoms. The number of hydrogen-bond donors (Lipinski definition) is 2. The normalized spacial score (nSPS) is 11.3. The van der Waals surface area contributed by atoms with Gasteiger partial charge in [0.15, 0.2) is 0 Å². The Morgan fingerprint density at radius 1 is 1.59 bits per heavy atom. The van der Waals surface area contributed by atoms with Gasteiger partial charge in [0, 0.05) is 23.7 Å². The molecule has 3 N–H and O–H groups in total. The lowest BCUT2D eigenvalue weighted by Crippen LogP contribution is -2.10. The number of pyridine rings is 1. The van der Waals surface area contributed by atoms with E-state index in [1.165, 1.54) is 0 Å². The number of rotatable bonds is 4. The summed E-state index contributed by atoms with van der Waals surface area (Å²) in [4.78, 5) is 7.12. The van der Waals surface area contributed by atoms with Gasteiger partial charge < -0.3 is 15.5 Å². The van der Waals surface area contributed by atoms with E-state index in [-0.39, 0.29) is 25.6 Å². The van der Waals surface area contributed by atoms with Crippen LogP contribution in [0.4, 0.5) is 4.39 Å². The van der Waals surface area contributed by atoms with Crippen molar-refractivity contribution in [2.75, 3.05) is 13.2 Å².